The molecule has 2 heterocycles. The molecule has 5 nitrogen and oxygen atoms in total. The van der Waals surface area contributed by atoms with Gasteiger partial charge in [-0.05, 0) is 37.4 Å². The lowest BCUT2D eigenvalue weighted by molar-refractivity contribution is 0.412. The van der Waals surface area contributed by atoms with E-state index in [2.05, 4.69) is 58.5 Å². The smallest absolute Gasteiger partial charge is 0.318 e. The van der Waals surface area contributed by atoms with E-state index in [0.717, 1.165) is 32.5 Å². The summed E-state index contributed by atoms with van der Waals surface area (Å²) in [5.41, 5.74) is 2.77. The normalized spacial score (nSPS) is 15.8. The van der Waals surface area contributed by atoms with E-state index in [1.54, 1.807) is 0 Å². The Morgan fingerprint density at radius 1 is 1.29 bits per heavy atom. The molecule has 21 heavy (non-hydrogen) atoms. The molecular weight excluding hydrogens is 264 g/mol. The van der Waals surface area contributed by atoms with Crippen molar-refractivity contribution < 1.29 is 4.42 Å². The minimum atomic E-state index is 0.100. The minimum absolute atomic E-state index is 0.100. The number of rotatable bonds is 5. The van der Waals surface area contributed by atoms with Crippen molar-refractivity contribution in [3.63, 3.8) is 0 Å². The topological polar surface area (TPSA) is 54.2 Å². The Morgan fingerprint density at radius 3 is 2.90 bits per heavy atom. The molecule has 0 amide bonds. The molecule has 3 rings (SSSR count). The van der Waals surface area contributed by atoms with Crippen LogP contribution in [0.5, 0.6) is 0 Å². The van der Waals surface area contributed by atoms with Crippen molar-refractivity contribution in [1.29, 1.82) is 0 Å². The van der Waals surface area contributed by atoms with Crippen LogP contribution in [0.25, 0.3) is 0 Å². The summed E-state index contributed by atoms with van der Waals surface area (Å²) in [7, 11) is 0. The summed E-state index contributed by atoms with van der Waals surface area (Å²) < 4.78 is 5.84. The van der Waals surface area contributed by atoms with Crippen molar-refractivity contribution in [2.75, 3.05) is 18.0 Å². The van der Waals surface area contributed by atoms with Gasteiger partial charge in [0.15, 0.2) is 0 Å². The second-order valence-corrected chi connectivity index (χ2v) is 5.54. The molecule has 0 bridgehead atoms. The first-order valence-electron chi connectivity index (χ1n) is 7.66. The number of anilines is 1. The van der Waals surface area contributed by atoms with Crippen LogP contribution < -0.4 is 10.2 Å². The Balaban J connectivity index is 1.70. The maximum Gasteiger partial charge on any atom is 0.318 e. The molecule has 1 aromatic heterocycles. The fourth-order valence-electron chi connectivity index (χ4n) is 2.64. The minimum Gasteiger partial charge on any atom is -0.406 e. The summed E-state index contributed by atoms with van der Waals surface area (Å²) >= 11 is 0. The maximum atomic E-state index is 5.84. The lowest BCUT2D eigenvalue weighted by Gasteiger charge is -2.26. The zero-order valence-electron chi connectivity index (χ0n) is 12.7. The highest BCUT2D eigenvalue weighted by Gasteiger charge is 2.21. The third-order valence-electron chi connectivity index (χ3n) is 3.90. The molecule has 0 saturated carbocycles. The average Bonchev–Trinajstić information content (AvgIpc) is 3.02. The lowest BCUT2D eigenvalue weighted by atomic mass is 10.0. The van der Waals surface area contributed by atoms with Gasteiger partial charge in [0, 0.05) is 13.1 Å². The van der Waals surface area contributed by atoms with Crippen molar-refractivity contribution >= 4 is 6.01 Å². The standard InChI is InChI=1S/C16H22N4O/c1-3-9-17-12(2)15-18-19-16(21-15)20-10-8-13-6-4-5-7-14(13)11-20/h4-7,12,17H,3,8-11H2,1-2H3. The summed E-state index contributed by atoms with van der Waals surface area (Å²) in [6.07, 6.45) is 2.12. The lowest BCUT2D eigenvalue weighted by Crippen LogP contribution is -2.30. The molecule has 0 aliphatic carbocycles. The molecule has 2 aromatic rings. The molecule has 0 saturated heterocycles. The third-order valence-corrected chi connectivity index (χ3v) is 3.90. The van der Waals surface area contributed by atoms with E-state index < -0.39 is 0 Å². The summed E-state index contributed by atoms with van der Waals surface area (Å²) in [6, 6.07) is 9.28. The first-order valence-corrected chi connectivity index (χ1v) is 7.66. The van der Waals surface area contributed by atoms with Crippen molar-refractivity contribution in [3.8, 4) is 0 Å². The Kier molecular flexibility index (Phi) is 4.20. The van der Waals surface area contributed by atoms with Gasteiger partial charge >= 0.3 is 6.01 Å². The van der Waals surface area contributed by atoms with Crippen LogP contribution in [0.1, 0.15) is 43.3 Å². The molecule has 0 fully saturated rings. The zero-order valence-corrected chi connectivity index (χ0v) is 12.7. The second kappa shape index (κ2) is 6.26. The average molecular weight is 286 g/mol. The number of benzene rings is 1. The Morgan fingerprint density at radius 2 is 2.10 bits per heavy atom. The van der Waals surface area contributed by atoms with Gasteiger partial charge in [0.25, 0.3) is 0 Å². The molecule has 5 heteroatoms. The molecule has 0 spiro atoms. The number of nitrogens with zero attached hydrogens (tertiary/aromatic N) is 3. The second-order valence-electron chi connectivity index (χ2n) is 5.54. The van der Waals surface area contributed by atoms with Gasteiger partial charge in [0.2, 0.25) is 5.89 Å². The van der Waals surface area contributed by atoms with E-state index in [1.807, 2.05) is 0 Å². The Hall–Kier alpha value is -1.88. The van der Waals surface area contributed by atoms with E-state index in [0.29, 0.717) is 11.9 Å². The van der Waals surface area contributed by atoms with Gasteiger partial charge in [-0.15, -0.1) is 5.10 Å². The van der Waals surface area contributed by atoms with E-state index in [9.17, 15) is 0 Å². The number of fused-ring (bicyclic) bond motifs is 1. The molecule has 112 valence electrons. The highest BCUT2D eigenvalue weighted by atomic mass is 16.4. The van der Waals surface area contributed by atoms with E-state index in [1.165, 1.54) is 11.1 Å². The summed E-state index contributed by atoms with van der Waals surface area (Å²) in [5.74, 6) is 0.664. The van der Waals surface area contributed by atoms with Gasteiger partial charge in [0.05, 0.1) is 6.04 Å². The van der Waals surface area contributed by atoms with Crippen LogP contribution in [-0.4, -0.2) is 23.3 Å². The van der Waals surface area contributed by atoms with Gasteiger partial charge in [-0.1, -0.05) is 36.3 Å². The molecule has 1 aromatic carbocycles. The SMILES string of the molecule is CCCNC(C)c1nnc(N2CCc3ccccc3C2)o1. The van der Waals surface area contributed by atoms with E-state index in [4.69, 9.17) is 4.42 Å². The maximum absolute atomic E-state index is 5.84. The van der Waals surface area contributed by atoms with Gasteiger partial charge < -0.3 is 14.6 Å². The first kappa shape index (κ1) is 14.1. The summed E-state index contributed by atoms with van der Waals surface area (Å²) in [4.78, 5) is 2.16. The highest BCUT2D eigenvalue weighted by molar-refractivity contribution is 5.37. The largest absolute Gasteiger partial charge is 0.406 e. The third kappa shape index (κ3) is 3.08. The van der Waals surface area contributed by atoms with E-state index in [-0.39, 0.29) is 6.04 Å². The fourth-order valence-corrected chi connectivity index (χ4v) is 2.64. The van der Waals surface area contributed by atoms with Crippen molar-refractivity contribution in [1.82, 2.24) is 15.5 Å². The monoisotopic (exact) mass is 286 g/mol. The molecule has 1 aliphatic heterocycles. The van der Waals surface area contributed by atoms with Crippen molar-refractivity contribution in [2.45, 2.75) is 39.3 Å². The molecule has 1 unspecified atom stereocenters. The Labute approximate surface area is 125 Å². The van der Waals surface area contributed by atoms with Gasteiger partial charge in [-0.3, -0.25) is 0 Å². The Bertz CT molecular complexity index is 595. The fraction of sp³-hybridized carbons (Fsp3) is 0.500. The molecule has 1 atom stereocenters. The quantitative estimate of drug-likeness (QED) is 0.916. The molecule has 1 aliphatic rings. The van der Waals surface area contributed by atoms with Crippen LogP contribution in [-0.2, 0) is 13.0 Å². The zero-order chi connectivity index (χ0) is 14.7. The van der Waals surface area contributed by atoms with Crippen LogP contribution in [0.4, 0.5) is 6.01 Å². The van der Waals surface area contributed by atoms with Gasteiger partial charge in [-0.25, -0.2) is 0 Å². The predicted octanol–water partition coefficient (Wildman–Crippen LogP) is 2.69. The number of hydrogen-bond acceptors (Lipinski definition) is 5. The van der Waals surface area contributed by atoms with Crippen LogP contribution in [0.2, 0.25) is 0 Å². The summed E-state index contributed by atoms with van der Waals surface area (Å²) in [5, 5.41) is 11.8. The summed E-state index contributed by atoms with van der Waals surface area (Å²) in [6.45, 7) is 6.92. The van der Waals surface area contributed by atoms with Gasteiger partial charge in [-0.2, -0.15) is 0 Å². The van der Waals surface area contributed by atoms with Crippen LogP contribution in [0.3, 0.4) is 0 Å². The van der Waals surface area contributed by atoms with Crippen molar-refractivity contribution in [2.24, 2.45) is 0 Å². The van der Waals surface area contributed by atoms with Gasteiger partial charge in [0.1, 0.15) is 0 Å². The number of nitrogens with one attached hydrogen (secondary N) is 1. The number of hydrogen-bond donors (Lipinski definition) is 1. The van der Waals surface area contributed by atoms with Crippen molar-refractivity contribution in [3.05, 3.63) is 41.3 Å². The first-order chi connectivity index (χ1) is 10.3. The molecular formula is C16H22N4O. The van der Waals surface area contributed by atoms with Crippen LogP contribution >= 0.6 is 0 Å². The van der Waals surface area contributed by atoms with Crippen LogP contribution in [0, 0.1) is 0 Å². The number of aromatic nitrogens is 2. The molecule has 1 N–H and O–H groups in total. The molecule has 0 radical (unpaired) electrons. The van der Waals surface area contributed by atoms with E-state index >= 15 is 0 Å². The highest BCUT2D eigenvalue weighted by Crippen LogP contribution is 2.24. The van der Waals surface area contributed by atoms with Crippen LogP contribution in [0.15, 0.2) is 28.7 Å². The predicted molar refractivity (Wildman–Crippen MR) is 82.2 cm³/mol.